The van der Waals surface area contributed by atoms with Crippen molar-refractivity contribution in [2.75, 3.05) is 32.5 Å². The van der Waals surface area contributed by atoms with Crippen LogP contribution in [0.1, 0.15) is 72.3 Å². The minimum Gasteiger partial charge on any atom is -0.343 e. The highest BCUT2D eigenvalue weighted by molar-refractivity contribution is 5.98. The lowest BCUT2D eigenvalue weighted by Gasteiger charge is -2.19. The van der Waals surface area contributed by atoms with Gasteiger partial charge in [-0.05, 0) is 43.4 Å². The summed E-state index contributed by atoms with van der Waals surface area (Å²) in [5.74, 6) is 1.57. The van der Waals surface area contributed by atoms with Crippen molar-refractivity contribution >= 4 is 34.6 Å². The summed E-state index contributed by atoms with van der Waals surface area (Å²) in [6.07, 6.45) is 9.91. The molecule has 35 heavy (non-hydrogen) atoms. The molecule has 1 saturated carbocycles. The van der Waals surface area contributed by atoms with Crippen molar-refractivity contribution < 1.29 is 9.59 Å². The third kappa shape index (κ3) is 4.59. The molecule has 0 spiro atoms. The minimum absolute atomic E-state index is 0.0325. The lowest BCUT2D eigenvalue weighted by molar-refractivity contribution is 0.0785. The number of nitrogens with zero attached hydrogens (tertiary/aromatic N) is 6. The Morgan fingerprint density at radius 3 is 2.57 bits per heavy atom. The van der Waals surface area contributed by atoms with E-state index in [0.717, 1.165) is 62.6 Å². The van der Waals surface area contributed by atoms with Gasteiger partial charge in [0.15, 0.2) is 0 Å². The summed E-state index contributed by atoms with van der Waals surface area (Å²) in [7, 11) is 3.53. The van der Waals surface area contributed by atoms with Crippen molar-refractivity contribution in [1.82, 2.24) is 29.3 Å². The minimum atomic E-state index is -0.0328. The van der Waals surface area contributed by atoms with Gasteiger partial charge >= 0.3 is 0 Å². The lowest BCUT2D eigenvalue weighted by atomic mass is 10.1. The molecule has 1 atom stereocenters. The number of hydrogen-bond acceptors (Lipinski definition) is 6. The van der Waals surface area contributed by atoms with E-state index in [1.54, 1.807) is 43.5 Å². The van der Waals surface area contributed by atoms with Crippen molar-refractivity contribution in [3.8, 4) is 0 Å². The Morgan fingerprint density at radius 1 is 1.11 bits per heavy atom. The molecule has 9 heteroatoms. The highest BCUT2D eigenvalue weighted by Gasteiger charge is 2.27. The van der Waals surface area contributed by atoms with Crippen LogP contribution in [0.25, 0.3) is 11.0 Å². The molecule has 3 aromatic rings. The van der Waals surface area contributed by atoms with Gasteiger partial charge < -0.3 is 19.7 Å². The van der Waals surface area contributed by atoms with E-state index in [0.29, 0.717) is 28.9 Å². The highest BCUT2D eigenvalue weighted by Crippen LogP contribution is 2.35. The van der Waals surface area contributed by atoms with Crippen LogP contribution in [0.15, 0.2) is 30.6 Å². The van der Waals surface area contributed by atoms with E-state index in [9.17, 15) is 9.59 Å². The van der Waals surface area contributed by atoms with Crippen LogP contribution in [-0.2, 0) is 0 Å². The zero-order valence-corrected chi connectivity index (χ0v) is 20.7. The van der Waals surface area contributed by atoms with Gasteiger partial charge in [-0.25, -0.2) is 9.97 Å². The van der Waals surface area contributed by atoms with E-state index < -0.39 is 0 Å². The first-order valence-electron chi connectivity index (χ1n) is 12.6. The summed E-state index contributed by atoms with van der Waals surface area (Å²) in [5, 5.41) is 4.01. The maximum absolute atomic E-state index is 12.9. The maximum atomic E-state index is 12.9. The third-order valence-corrected chi connectivity index (χ3v) is 7.29. The molecule has 2 amide bonds. The summed E-state index contributed by atoms with van der Waals surface area (Å²) < 4.78 is 2.09. The normalized spacial score (nSPS) is 18.4. The quantitative estimate of drug-likeness (QED) is 0.572. The summed E-state index contributed by atoms with van der Waals surface area (Å²) in [5.41, 5.74) is 1.99. The van der Waals surface area contributed by atoms with E-state index in [1.165, 1.54) is 0 Å². The molecule has 1 saturated heterocycles. The van der Waals surface area contributed by atoms with Crippen LogP contribution in [0.3, 0.4) is 0 Å². The molecule has 0 radical (unpaired) electrons. The number of pyridine rings is 1. The molecule has 1 N–H and O–H groups in total. The fraction of sp³-hybridized carbons (Fsp3) is 0.500. The summed E-state index contributed by atoms with van der Waals surface area (Å²) >= 11 is 0. The second-order valence-corrected chi connectivity index (χ2v) is 9.88. The van der Waals surface area contributed by atoms with Crippen LogP contribution in [0, 0.1) is 5.92 Å². The van der Waals surface area contributed by atoms with E-state index in [-0.39, 0.29) is 17.9 Å². The van der Waals surface area contributed by atoms with Crippen LogP contribution < -0.4 is 5.32 Å². The molecule has 0 bridgehead atoms. The number of carbonyl (C=O) groups excluding carboxylic acids is 2. The van der Waals surface area contributed by atoms with Crippen molar-refractivity contribution in [2.45, 2.75) is 51.5 Å². The molecule has 1 unspecified atom stereocenters. The number of nitrogens with one attached hydrogen (secondary N) is 1. The Kier molecular flexibility index (Phi) is 6.40. The average Bonchev–Trinajstić information content (AvgIpc) is 3.62. The first kappa shape index (κ1) is 23.3. The van der Waals surface area contributed by atoms with Gasteiger partial charge in [0.25, 0.3) is 11.8 Å². The number of carbonyl (C=O) groups is 2. The number of likely N-dealkylation sites (tertiary alicyclic amines) is 1. The van der Waals surface area contributed by atoms with Gasteiger partial charge in [0.2, 0.25) is 5.95 Å². The molecule has 2 aliphatic rings. The fourth-order valence-electron chi connectivity index (χ4n) is 5.24. The smallest absolute Gasteiger partial charge is 0.270 e. The standard InChI is InChI=1S/C26H33N7O2/c1-4-17-11-12-32(16-17)24(34)18-9-10-22(27-14-18)29-26-28-15-19-13-21(25(35)31(2)3)33(23(19)30-26)20-7-5-6-8-20/h9-10,13-15,17,20H,4-8,11-12,16H2,1-3H3,(H,27,28,29,30). The van der Waals surface area contributed by atoms with E-state index in [1.807, 2.05) is 11.0 Å². The molecule has 2 fully saturated rings. The molecule has 5 rings (SSSR count). The van der Waals surface area contributed by atoms with Gasteiger partial charge in [0.05, 0.1) is 5.56 Å². The van der Waals surface area contributed by atoms with Gasteiger partial charge in [-0.15, -0.1) is 0 Å². The number of anilines is 2. The van der Waals surface area contributed by atoms with Gasteiger partial charge in [-0.2, -0.15) is 4.98 Å². The predicted molar refractivity (Wildman–Crippen MR) is 135 cm³/mol. The molecule has 9 nitrogen and oxygen atoms in total. The third-order valence-electron chi connectivity index (χ3n) is 7.29. The topological polar surface area (TPSA) is 96.2 Å². The molecule has 0 aromatic carbocycles. The number of rotatable bonds is 6. The van der Waals surface area contributed by atoms with Crippen LogP contribution in [0.4, 0.5) is 11.8 Å². The molecule has 3 aromatic heterocycles. The molecule has 1 aliphatic heterocycles. The van der Waals surface area contributed by atoms with Crippen molar-refractivity contribution in [3.63, 3.8) is 0 Å². The average molecular weight is 476 g/mol. The van der Waals surface area contributed by atoms with E-state index in [2.05, 4.69) is 26.8 Å². The van der Waals surface area contributed by atoms with Crippen LogP contribution in [0.5, 0.6) is 0 Å². The molecular weight excluding hydrogens is 442 g/mol. The first-order valence-corrected chi connectivity index (χ1v) is 12.6. The van der Waals surface area contributed by atoms with Gasteiger partial charge in [0.1, 0.15) is 17.2 Å². The maximum Gasteiger partial charge on any atom is 0.270 e. The number of amides is 2. The fourth-order valence-corrected chi connectivity index (χ4v) is 5.24. The van der Waals surface area contributed by atoms with Crippen LogP contribution >= 0.6 is 0 Å². The van der Waals surface area contributed by atoms with Crippen molar-refractivity contribution in [1.29, 1.82) is 0 Å². The number of fused-ring (bicyclic) bond motifs is 1. The Morgan fingerprint density at radius 2 is 1.91 bits per heavy atom. The van der Waals surface area contributed by atoms with E-state index >= 15 is 0 Å². The number of hydrogen-bond donors (Lipinski definition) is 1. The Hall–Kier alpha value is -3.49. The first-order chi connectivity index (χ1) is 16.9. The van der Waals surface area contributed by atoms with Crippen LogP contribution in [-0.4, -0.2) is 68.3 Å². The summed E-state index contributed by atoms with van der Waals surface area (Å²) in [6, 6.07) is 5.73. The zero-order valence-electron chi connectivity index (χ0n) is 20.7. The monoisotopic (exact) mass is 475 g/mol. The highest BCUT2D eigenvalue weighted by atomic mass is 16.2. The lowest BCUT2D eigenvalue weighted by Crippen LogP contribution is -2.28. The Bertz CT molecular complexity index is 1230. The Labute approximate surface area is 205 Å². The molecular formula is C26H33N7O2. The predicted octanol–water partition coefficient (Wildman–Crippen LogP) is 4.26. The number of aromatic nitrogens is 4. The van der Waals surface area contributed by atoms with Crippen molar-refractivity contribution in [2.24, 2.45) is 5.92 Å². The van der Waals surface area contributed by atoms with E-state index in [4.69, 9.17) is 4.98 Å². The van der Waals surface area contributed by atoms with Gasteiger partial charge in [-0.1, -0.05) is 26.2 Å². The van der Waals surface area contributed by atoms with Gasteiger partial charge in [0, 0.05) is 51.0 Å². The Balaban J connectivity index is 1.38. The molecule has 1 aliphatic carbocycles. The SMILES string of the molecule is CCC1CCN(C(=O)c2ccc(Nc3ncc4cc(C(=O)N(C)C)n(C5CCCC5)c4n3)nc2)C1. The second kappa shape index (κ2) is 9.64. The largest absolute Gasteiger partial charge is 0.343 e. The molecule has 184 valence electrons. The van der Waals surface area contributed by atoms with Crippen LogP contribution in [0.2, 0.25) is 0 Å². The summed E-state index contributed by atoms with van der Waals surface area (Å²) in [4.78, 5) is 42.9. The molecule has 4 heterocycles. The second-order valence-electron chi connectivity index (χ2n) is 9.88. The van der Waals surface area contributed by atoms with Crippen molar-refractivity contribution in [3.05, 3.63) is 41.9 Å². The summed E-state index contributed by atoms with van der Waals surface area (Å²) in [6.45, 7) is 3.80. The van der Waals surface area contributed by atoms with Gasteiger partial charge in [-0.3, -0.25) is 9.59 Å². The zero-order chi connectivity index (χ0) is 24.5.